The zero-order valence-electron chi connectivity index (χ0n) is 10.3. The van der Waals surface area contributed by atoms with Gasteiger partial charge >= 0.3 is 6.18 Å². The van der Waals surface area contributed by atoms with Gasteiger partial charge in [-0.1, -0.05) is 13.3 Å². The summed E-state index contributed by atoms with van der Waals surface area (Å²) in [4.78, 5) is 0. The number of nitrogens with two attached hydrogens (primary N) is 1. The highest BCUT2D eigenvalue weighted by Gasteiger charge is 2.35. The Morgan fingerprint density at radius 3 is 2.72 bits per heavy atom. The van der Waals surface area contributed by atoms with Gasteiger partial charge in [-0.05, 0) is 25.2 Å². The predicted octanol–water partition coefficient (Wildman–Crippen LogP) is 2.98. The van der Waals surface area contributed by atoms with Crippen molar-refractivity contribution in [2.45, 2.75) is 50.9 Å². The van der Waals surface area contributed by atoms with E-state index >= 15 is 0 Å². The quantitative estimate of drug-likeness (QED) is 0.889. The molecule has 3 nitrogen and oxygen atoms in total. The Morgan fingerprint density at radius 1 is 1.44 bits per heavy atom. The zero-order valence-corrected chi connectivity index (χ0v) is 10.3. The molecule has 0 aliphatic heterocycles. The molecule has 1 aliphatic carbocycles. The number of alkyl halides is 3. The third-order valence-electron chi connectivity index (χ3n) is 3.82. The summed E-state index contributed by atoms with van der Waals surface area (Å²) in [5.74, 6) is 0.535. The number of hydrogen-bond acceptors (Lipinski definition) is 2. The molecule has 0 saturated heterocycles. The Kier molecular flexibility index (Phi) is 3.66. The Bertz CT molecular complexity index is 400. The van der Waals surface area contributed by atoms with E-state index in [1.807, 2.05) is 0 Å². The zero-order chi connectivity index (χ0) is 13.3. The van der Waals surface area contributed by atoms with Gasteiger partial charge in [-0.3, -0.25) is 4.68 Å². The Morgan fingerprint density at radius 2 is 2.17 bits per heavy atom. The first-order chi connectivity index (χ1) is 8.41. The number of rotatable bonds is 2. The van der Waals surface area contributed by atoms with Crippen LogP contribution in [0.4, 0.5) is 13.2 Å². The fourth-order valence-electron chi connectivity index (χ4n) is 2.60. The summed E-state index contributed by atoms with van der Waals surface area (Å²) in [6.07, 6.45) is 1.38. The second-order valence-corrected chi connectivity index (χ2v) is 5.03. The maximum Gasteiger partial charge on any atom is 0.419 e. The molecule has 1 heterocycles. The van der Waals surface area contributed by atoms with E-state index in [2.05, 4.69) is 12.0 Å². The molecule has 3 unspecified atom stereocenters. The van der Waals surface area contributed by atoms with Crippen molar-refractivity contribution >= 4 is 0 Å². The monoisotopic (exact) mass is 261 g/mol. The van der Waals surface area contributed by atoms with Crippen molar-refractivity contribution in [3.05, 3.63) is 18.0 Å². The predicted molar refractivity (Wildman–Crippen MR) is 61.9 cm³/mol. The highest BCUT2D eigenvalue weighted by Crippen LogP contribution is 2.35. The van der Waals surface area contributed by atoms with E-state index in [1.165, 1.54) is 4.68 Å². The molecule has 2 N–H and O–H groups in total. The summed E-state index contributed by atoms with van der Waals surface area (Å²) in [7, 11) is 0. The van der Waals surface area contributed by atoms with Crippen molar-refractivity contribution in [3.63, 3.8) is 0 Å². The second kappa shape index (κ2) is 4.91. The van der Waals surface area contributed by atoms with Crippen LogP contribution in [0.15, 0.2) is 12.4 Å². The van der Waals surface area contributed by atoms with Gasteiger partial charge in [-0.25, -0.2) is 0 Å². The van der Waals surface area contributed by atoms with Gasteiger partial charge in [0.25, 0.3) is 0 Å². The lowest BCUT2D eigenvalue weighted by atomic mass is 9.81. The van der Waals surface area contributed by atoms with E-state index in [0.717, 1.165) is 38.1 Å². The Hall–Kier alpha value is -1.04. The molecule has 0 aromatic carbocycles. The summed E-state index contributed by atoms with van der Waals surface area (Å²) >= 11 is 0. The molecule has 2 rings (SSSR count). The molecule has 1 fully saturated rings. The average Bonchev–Trinajstić information content (AvgIpc) is 2.78. The van der Waals surface area contributed by atoms with Gasteiger partial charge in [-0.2, -0.15) is 18.3 Å². The maximum atomic E-state index is 12.5. The maximum absolute atomic E-state index is 12.5. The van der Waals surface area contributed by atoms with Gasteiger partial charge < -0.3 is 5.73 Å². The normalized spacial score (nSPS) is 29.5. The molecule has 1 aliphatic rings. The largest absolute Gasteiger partial charge is 0.419 e. The second-order valence-electron chi connectivity index (χ2n) is 5.03. The first-order valence-electron chi connectivity index (χ1n) is 6.28. The van der Waals surface area contributed by atoms with Gasteiger partial charge in [0.15, 0.2) is 0 Å². The van der Waals surface area contributed by atoms with Crippen molar-refractivity contribution < 1.29 is 13.2 Å². The molecule has 1 aromatic heterocycles. The average molecular weight is 261 g/mol. The fourth-order valence-corrected chi connectivity index (χ4v) is 2.60. The molecule has 102 valence electrons. The van der Waals surface area contributed by atoms with Gasteiger partial charge in [0.1, 0.15) is 0 Å². The number of hydrogen-bond donors (Lipinski definition) is 1. The number of nitrogens with zero attached hydrogens (tertiary/aromatic N) is 2. The van der Waals surface area contributed by atoms with Gasteiger partial charge in [0, 0.05) is 12.2 Å². The van der Waals surface area contributed by atoms with Crippen LogP contribution in [-0.2, 0) is 6.18 Å². The van der Waals surface area contributed by atoms with Crippen LogP contribution in [-0.4, -0.2) is 15.8 Å². The van der Waals surface area contributed by atoms with Gasteiger partial charge in [0.05, 0.1) is 17.8 Å². The van der Waals surface area contributed by atoms with Crippen LogP contribution < -0.4 is 5.73 Å². The molecule has 3 atom stereocenters. The van der Waals surface area contributed by atoms with Crippen LogP contribution in [0, 0.1) is 5.92 Å². The van der Waals surface area contributed by atoms with Crippen molar-refractivity contribution in [1.29, 1.82) is 0 Å². The first-order valence-corrected chi connectivity index (χ1v) is 6.28. The Balaban J connectivity index is 2.17. The number of aromatic nitrogens is 2. The molecular weight excluding hydrogens is 243 g/mol. The molecule has 6 heteroatoms. The molecule has 0 bridgehead atoms. The lowest BCUT2D eigenvalue weighted by molar-refractivity contribution is -0.137. The van der Waals surface area contributed by atoms with Crippen LogP contribution in [0.1, 0.15) is 44.2 Å². The van der Waals surface area contributed by atoms with E-state index in [9.17, 15) is 13.2 Å². The highest BCUT2D eigenvalue weighted by molar-refractivity contribution is 5.09. The third-order valence-corrected chi connectivity index (χ3v) is 3.82. The standard InChI is InChI=1S/C12H18F3N3/c1-2-8-3-4-10(16)11(5-8)18-7-9(6-17-18)12(13,14)15/h6-8,10-11H,2-5,16H2,1H3. The third kappa shape index (κ3) is 2.68. The topological polar surface area (TPSA) is 43.8 Å². The Labute approximate surface area is 104 Å². The minimum absolute atomic E-state index is 0.103. The van der Waals surface area contributed by atoms with E-state index in [-0.39, 0.29) is 12.1 Å². The highest BCUT2D eigenvalue weighted by atomic mass is 19.4. The van der Waals surface area contributed by atoms with E-state index < -0.39 is 11.7 Å². The summed E-state index contributed by atoms with van der Waals surface area (Å²) in [5, 5.41) is 3.84. The fraction of sp³-hybridized carbons (Fsp3) is 0.750. The number of halogens is 3. The van der Waals surface area contributed by atoms with E-state index in [4.69, 9.17) is 5.73 Å². The van der Waals surface area contributed by atoms with Gasteiger partial charge in [-0.15, -0.1) is 0 Å². The first kappa shape index (κ1) is 13.4. The van der Waals surface area contributed by atoms with Crippen LogP contribution in [0.3, 0.4) is 0 Å². The summed E-state index contributed by atoms with van der Waals surface area (Å²) in [6.45, 7) is 2.10. The molecule has 0 spiro atoms. The molecule has 18 heavy (non-hydrogen) atoms. The summed E-state index contributed by atoms with van der Waals surface area (Å²) in [5.41, 5.74) is 5.30. The molecule has 1 aromatic rings. The molecule has 1 saturated carbocycles. The van der Waals surface area contributed by atoms with E-state index in [0.29, 0.717) is 5.92 Å². The minimum Gasteiger partial charge on any atom is -0.326 e. The van der Waals surface area contributed by atoms with Crippen LogP contribution in [0.2, 0.25) is 0 Å². The van der Waals surface area contributed by atoms with Crippen molar-refractivity contribution in [3.8, 4) is 0 Å². The van der Waals surface area contributed by atoms with Crippen LogP contribution in [0.25, 0.3) is 0 Å². The molecule has 0 amide bonds. The lowest BCUT2D eigenvalue weighted by Gasteiger charge is -2.33. The smallest absolute Gasteiger partial charge is 0.326 e. The molecular formula is C12H18F3N3. The van der Waals surface area contributed by atoms with Gasteiger partial charge in [0.2, 0.25) is 0 Å². The summed E-state index contributed by atoms with van der Waals surface area (Å²) in [6, 6.07) is -0.214. The van der Waals surface area contributed by atoms with E-state index in [1.54, 1.807) is 0 Å². The van der Waals surface area contributed by atoms with Crippen molar-refractivity contribution in [2.24, 2.45) is 11.7 Å². The van der Waals surface area contributed by atoms with Crippen LogP contribution in [0.5, 0.6) is 0 Å². The molecule has 0 radical (unpaired) electrons. The van der Waals surface area contributed by atoms with Crippen molar-refractivity contribution in [1.82, 2.24) is 9.78 Å². The summed E-state index contributed by atoms with van der Waals surface area (Å²) < 4.78 is 39.0. The van der Waals surface area contributed by atoms with Crippen LogP contribution >= 0.6 is 0 Å². The SMILES string of the molecule is CCC1CCC(N)C(n2cc(C(F)(F)F)cn2)C1. The minimum atomic E-state index is -4.33. The van der Waals surface area contributed by atoms with Crippen molar-refractivity contribution in [2.75, 3.05) is 0 Å². The lowest BCUT2D eigenvalue weighted by Crippen LogP contribution is -2.38.